The van der Waals surface area contributed by atoms with E-state index in [4.69, 9.17) is 0 Å². The first-order chi connectivity index (χ1) is 8.33. The molecular formula is C14H22N2S. The highest BCUT2D eigenvalue weighted by Gasteiger charge is 2.18. The maximum atomic E-state index is 3.55. The normalized spacial score (nSPS) is 17.4. The van der Waals surface area contributed by atoms with Crippen molar-refractivity contribution in [1.29, 1.82) is 0 Å². The van der Waals surface area contributed by atoms with Crippen LogP contribution in [0.2, 0.25) is 0 Å². The largest absolute Gasteiger partial charge is 0.371 e. The molecule has 1 aromatic carbocycles. The van der Waals surface area contributed by atoms with Gasteiger partial charge in [-0.15, -0.1) is 11.8 Å². The predicted octanol–water partition coefficient (Wildman–Crippen LogP) is 2.99. The fourth-order valence-corrected chi connectivity index (χ4v) is 2.89. The Bertz CT molecular complexity index is 346. The van der Waals surface area contributed by atoms with E-state index in [0.29, 0.717) is 0 Å². The highest BCUT2D eigenvalue weighted by atomic mass is 32.2. The number of piperidine rings is 1. The molecule has 0 radical (unpaired) electrons. The van der Waals surface area contributed by atoms with E-state index in [1.807, 2.05) is 11.8 Å². The molecule has 1 saturated heterocycles. The minimum Gasteiger partial charge on any atom is -0.371 e. The van der Waals surface area contributed by atoms with Gasteiger partial charge < -0.3 is 10.2 Å². The molecule has 1 N–H and O–H groups in total. The van der Waals surface area contributed by atoms with E-state index >= 15 is 0 Å². The van der Waals surface area contributed by atoms with Crippen molar-refractivity contribution in [3.63, 3.8) is 0 Å². The Balaban J connectivity index is 1.95. The number of anilines is 1. The van der Waals surface area contributed by atoms with Gasteiger partial charge in [-0.1, -0.05) is 13.0 Å². The van der Waals surface area contributed by atoms with Crippen LogP contribution in [0.15, 0.2) is 29.2 Å². The minimum absolute atomic E-state index is 0.722. The number of hydrogen-bond acceptors (Lipinski definition) is 3. The average molecular weight is 250 g/mol. The van der Waals surface area contributed by atoms with Crippen LogP contribution in [0, 0.1) is 0 Å². The second-order valence-electron chi connectivity index (χ2n) is 4.52. The highest BCUT2D eigenvalue weighted by molar-refractivity contribution is 7.98. The molecule has 1 aromatic rings. The SMILES string of the molecule is CCNC1CCN(c2cccc(SC)c2)CC1. The third-order valence-electron chi connectivity index (χ3n) is 3.41. The van der Waals surface area contributed by atoms with Crippen LogP contribution in [-0.4, -0.2) is 31.9 Å². The Hall–Kier alpha value is -0.670. The quantitative estimate of drug-likeness (QED) is 0.827. The maximum Gasteiger partial charge on any atom is 0.0377 e. The second kappa shape index (κ2) is 6.31. The second-order valence-corrected chi connectivity index (χ2v) is 5.40. The summed E-state index contributed by atoms with van der Waals surface area (Å²) in [5.41, 5.74) is 1.38. The van der Waals surface area contributed by atoms with Gasteiger partial charge in [0.1, 0.15) is 0 Å². The molecule has 1 heterocycles. The Morgan fingerprint density at radius 2 is 2.12 bits per heavy atom. The summed E-state index contributed by atoms with van der Waals surface area (Å²) in [6.45, 7) is 5.63. The van der Waals surface area contributed by atoms with Gasteiger partial charge in [0.15, 0.2) is 0 Å². The zero-order chi connectivity index (χ0) is 12.1. The standard InChI is InChI=1S/C14H22N2S/c1-3-15-12-7-9-16(10-8-12)13-5-4-6-14(11-13)17-2/h4-6,11-12,15H,3,7-10H2,1-2H3. The Morgan fingerprint density at radius 1 is 1.35 bits per heavy atom. The Morgan fingerprint density at radius 3 is 2.76 bits per heavy atom. The number of thioether (sulfide) groups is 1. The third kappa shape index (κ3) is 3.39. The number of nitrogens with zero attached hydrogens (tertiary/aromatic N) is 1. The molecule has 0 spiro atoms. The van der Waals surface area contributed by atoms with Crippen LogP contribution in [0.3, 0.4) is 0 Å². The zero-order valence-electron chi connectivity index (χ0n) is 10.8. The first kappa shape index (κ1) is 12.8. The molecule has 2 nitrogen and oxygen atoms in total. The smallest absolute Gasteiger partial charge is 0.0377 e. The van der Waals surface area contributed by atoms with Crippen molar-refractivity contribution in [2.24, 2.45) is 0 Å². The van der Waals surface area contributed by atoms with Gasteiger partial charge in [-0.3, -0.25) is 0 Å². The van der Waals surface area contributed by atoms with Crippen molar-refractivity contribution in [3.05, 3.63) is 24.3 Å². The first-order valence-electron chi connectivity index (χ1n) is 6.46. The van der Waals surface area contributed by atoms with Crippen LogP contribution in [0.4, 0.5) is 5.69 Å². The Labute approximate surface area is 109 Å². The van der Waals surface area contributed by atoms with Crippen LogP contribution in [-0.2, 0) is 0 Å². The summed E-state index contributed by atoms with van der Waals surface area (Å²) < 4.78 is 0. The molecule has 0 unspecified atom stereocenters. The van der Waals surface area contributed by atoms with Crippen molar-refractivity contribution in [1.82, 2.24) is 5.32 Å². The van der Waals surface area contributed by atoms with Gasteiger partial charge >= 0.3 is 0 Å². The molecular weight excluding hydrogens is 228 g/mol. The van der Waals surface area contributed by atoms with Crippen LogP contribution in [0.1, 0.15) is 19.8 Å². The number of rotatable bonds is 4. The summed E-state index contributed by atoms with van der Waals surface area (Å²) in [5.74, 6) is 0. The van der Waals surface area contributed by atoms with Crippen LogP contribution in [0.5, 0.6) is 0 Å². The summed E-state index contributed by atoms with van der Waals surface area (Å²) in [4.78, 5) is 3.87. The van der Waals surface area contributed by atoms with E-state index in [2.05, 4.69) is 47.7 Å². The summed E-state index contributed by atoms with van der Waals surface area (Å²) in [7, 11) is 0. The van der Waals surface area contributed by atoms with E-state index in [0.717, 1.165) is 12.6 Å². The summed E-state index contributed by atoms with van der Waals surface area (Å²) in [6, 6.07) is 9.60. The lowest BCUT2D eigenvalue weighted by atomic mass is 10.0. The molecule has 1 aliphatic rings. The first-order valence-corrected chi connectivity index (χ1v) is 7.68. The molecule has 3 heteroatoms. The van der Waals surface area contributed by atoms with Gasteiger partial charge in [0.05, 0.1) is 0 Å². The lowest BCUT2D eigenvalue weighted by Crippen LogP contribution is -2.42. The van der Waals surface area contributed by atoms with Crippen LogP contribution >= 0.6 is 11.8 Å². The molecule has 17 heavy (non-hydrogen) atoms. The topological polar surface area (TPSA) is 15.3 Å². The number of nitrogens with one attached hydrogen (secondary N) is 1. The van der Waals surface area contributed by atoms with Gasteiger partial charge in [0, 0.05) is 29.7 Å². The van der Waals surface area contributed by atoms with Gasteiger partial charge in [-0.25, -0.2) is 0 Å². The predicted molar refractivity (Wildman–Crippen MR) is 77.1 cm³/mol. The maximum absolute atomic E-state index is 3.55. The van der Waals surface area contributed by atoms with Crippen LogP contribution in [0.25, 0.3) is 0 Å². The number of hydrogen-bond donors (Lipinski definition) is 1. The van der Waals surface area contributed by atoms with Crippen molar-refractivity contribution >= 4 is 17.4 Å². The minimum atomic E-state index is 0.722. The van der Waals surface area contributed by atoms with Crippen molar-refractivity contribution in [3.8, 4) is 0 Å². The highest BCUT2D eigenvalue weighted by Crippen LogP contribution is 2.24. The average Bonchev–Trinajstić information content (AvgIpc) is 2.40. The van der Waals surface area contributed by atoms with E-state index in [9.17, 15) is 0 Å². The van der Waals surface area contributed by atoms with Crippen LogP contribution < -0.4 is 10.2 Å². The van der Waals surface area contributed by atoms with Gasteiger partial charge in [0.25, 0.3) is 0 Å². The van der Waals surface area contributed by atoms with E-state index in [-0.39, 0.29) is 0 Å². The summed E-state index contributed by atoms with van der Waals surface area (Å²) in [6.07, 6.45) is 4.66. The van der Waals surface area contributed by atoms with Crippen molar-refractivity contribution in [2.75, 3.05) is 30.8 Å². The van der Waals surface area contributed by atoms with E-state index < -0.39 is 0 Å². The zero-order valence-corrected chi connectivity index (χ0v) is 11.6. The fourth-order valence-electron chi connectivity index (χ4n) is 2.44. The Kier molecular flexibility index (Phi) is 4.75. The molecule has 0 amide bonds. The molecule has 94 valence electrons. The number of benzene rings is 1. The monoisotopic (exact) mass is 250 g/mol. The van der Waals surface area contributed by atoms with E-state index in [1.54, 1.807) is 0 Å². The summed E-state index contributed by atoms with van der Waals surface area (Å²) in [5, 5.41) is 3.55. The molecule has 0 aliphatic carbocycles. The molecule has 0 bridgehead atoms. The van der Waals surface area contributed by atoms with Gasteiger partial charge in [-0.2, -0.15) is 0 Å². The molecule has 2 rings (SSSR count). The molecule has 0 saturated carbocycles. The lowest BCUT2D eigenvalue weighted by Gasteiger charge is -2.34. The fraction of sp³-hybridized carbons (Fsp3) is 0.571. The van der Waals surface area contributed by atoms with Gasteiger partial charge in [-0.05, 0) is 43.8 Å². The molecule has 0 atom stereocenters. The molecule has 1 aliphatic heterocycles. The van der Waals surface area contributed by atoms with Crippen molar-refractivity contribution < 1.29 is 0 Å². The molecule has 1 fully saturated rings. The summed E-state index contributed by atoms with van der Waals surface area (Å²) >= 11 is 1.82. The van der Waals surface area contributed by atoms with Crippen molar-refractivity contribution in [2.45, 2.75) is 30.7 Å². The third-order valence-corrected chi connectivity index (χ3v) is 4.13. The lowest BCUT2D eigenvalue weighted by molar-refractivity contribution is 0.424. The van der Waals surface area contributed by atoms with Gasteiger partial charge in [0.2, 0.25) is 0 Å². The van der Waals surface area contributed by atoms with E-state index in [1.165, 1.54) is 36.5 Å². The molecule has 0 aromatic heterocycles.